The predicted molar refractivity (Wildman–Crippen MR) is 111 cm³/mol. The molecule has 0 bridgehead atoms. The van der Waals surface area contributed by atoms with Crippen molar-refractivity contribution >= 4 is 49.0 Å². The molecule has 3 rings (SSSR count). The molecule has 7 heteroatoms. The Labute approximate surface area is 171 Å². The molecule has 0 aromatic heterocycles. The van der Waals surface area contributed by atoms with Gasteiger partial charge in [0.1, 0.15) is 0 Å². The summed E-state index contributed by atoms with van der Waals surface area (Å²) in [6.45, 7) is 1.68. The molecule has 138 valence electrons. The van der Waals surface area contributed by atoms with Crippen LogP contribution in [0, 0.1) is 6.92 Å². The summed E-state index contributed by atoms with van der Waals surface area (Å²) >= 11 is 9.16. The minimum Gasteiger partial charge on any atom is -0.289 e. The van der Waals surface area contributed by atoms with Crippen LogP contribution in [0.2, 0.25) is 5.02 Å². The van der Waals surface area contributed by atoms with Crippen molar-refractivity contribution in [3.8, 4) is 0 Å². The molecule has 0 fully saturated rings. The number of carbonyl (C=O) groups excluding carboxylic acids is 1. The van der Waals surface area contributed by atoms with Crippen LogP contribution in [0.4, 0.5) is 5.69 Å². The second-order valence-corrected chi connectivity index (χ2v) is 8.93. The van der Waals surface area contributed by atoms with Gasteiger partial charge in [-0.2, -0.15) is 0 Å². The third kappa shape index (κ3) is 4.58. The maximum atomic E-state index is 12.8. The summed E-state index contributed by atoms with van der Waals surface area (Å²) in [6.07, 6.45) is 0. The molecule has 0 saturated heterocycles. The van der Waals surface area contributed by atoms with E-state index in [4.69, 9.17) is 11.6 Å². The summed E-state index contributed by atoms with van der Waals surface area (Å²) < 4.78 is 29.0. The van der Waals surface area contributed by atoms with Crippen molar-refractivity contribution < 1.29 is 13.2 Å². The Bertz CT molecular complexity index is 1100. The molecular weight excluding hydrogens is 450 g/mol. The minimum absolute atomic E-state index is 0.0559. The van der Waals surface area contributed by atoms with Crippen LogP contribution in [0.15, 0.2) is 76.1 Å². The molecule has 0 spiro atoms. The van der Waals surface area contributed by atoms with Crippen LogP contribution in [0.3, 0.4) is 0 Å². The lowest BCUT2D eigenvalue weighted by atomic mass is 10.0. The second-order valence-electron chi connectivity index (χ2n) is 5.93. The van der Waals surface area contributed by atoms with Gasteiger partial charge >= 0.3 is 0 Å². The normalized spacial score (nSPS) is 11.2. The van der Waals surface area contributed by atoms with Gasteiger partial charge in [0.2, 0.25) is 0 Å². The number of sulfonamides is 1. The first kappa shape index (κ1) is 19.6. The van der Waals surface area contributed by atoms with Crippen LogP contribution < -0.4 is 4.72 Å². The Morgan fingerprint density at radius 3 is 2.15 bits per heavy atom. The quantitative estimate of drug-likeness (QED) is 0.511. The van der Waals surface area contributed by atoms with Crippen molar-refractivity contribution in [2.75, 3.05) is 4.72 Å². The molecule has 4 nitrogen and oxygen atoms in total. The summed E-state index contributed by atoms with van der Waals surface area (Å²) in [5.41, 5.74) is 1.72. The number of hydrogen-bond donors (Lipinski definition) is 1. The third-order valence-electron chi connectivity index (χ3n) is 3.94. The number of benzene rings is 3. The van der Waals surface area contributed by atoms with Gasteiger partial charge in [0.05, 0.1) is 4.90 Å². The highest BCUT2D eigenvalue weighted by atomic mass is 79.9. The Balaban J connectivity index is 1.95. The first-order valence-corrected chi connectivity index (χ1v) is 10.6. The van der Waals surface area contributed by atoms with Crippen LogP contribution in [-0.4, -0.2) is 14.2 Å². The van der Waals surface area contributed by atoms with Gasteiger partial charge in [0, 0.05) is 26.3 Å². The highest BCUT2D eigenvalue weighted by Gasteiger charge is 2.20. The fourth-order valence-electron chi connectivity index (χ4n) is 2.53. The molecule has 0 aliphatic carbocycles. The maximum Gasteiger partial charge on any atom is 0.262 e. The van der Waals surface area contributed by atoms with E-state index in [1.54, 1.807) is 67.6 Å². The van der Waals surface area contributed by atoms with Gasteiger partial charge in [0.15, 0.2) is 5.78 Å². The number of hydrogen-bond acceptors (Lipinski definition) is 3. The summed E-state index contributed by atoms with van der Waals surface area (Å²) in [5.74, 6) is -0.245. The van der Waals surface area contributed by atoms with Gasteiger partial charge in [-0.05, 0) is 67.1 Å². The molecular formula is C20H15BrClNO3S. The Morgan fingerprint density at radius 2 is 1.52 bits per heavy atom. The molecule has 0 amide bonds. The molecule has 0 radical (unpaired) electrons. The summed E-state index contributed by atoms with van der Waals surface area (Å²) in [5, 5.41) is 0.510. The maximum absolute atomic E-state index is 12.8. The molecule has 27 heavy (non-hydrogen) atoms. The largest absolute Gasteiger partial charge is 0.289 e. The Kier molecular flexibility index (Phi) is 5.69. The predicted octanol–water partition coefficient (Wildman–Crippen LogP) is 5.44. The fraction of sp³-hybridized carbons (Fsp3) is 0.0500. The molecule has 0 saturated carbocycles. The van der Waals surface area contributed by atoms with Crippen molar-refractivity contribution in [2.24, 2.45) is 0 Å². The van der Waals surface area contributed by atoms with Crippen molar-refractivity contribution in [1.29, 1.82) is 0 Å². The Hall–Kier alpha value is -2.15. The van der Waals surface area contributed by atoms with E-state index >= 15 is 0 Å². The topological polar surface area (TPSA) is 63.2 Å². The average molecular weight is 465 g/mol. The van der Waals surface area contributed by atoms with Gasteiger partial charge in [-0.1, -0.05) is 39.7 Å². The summed E-state index contributed by atoms with van der Waals surface area (Å²) in [7, 11) is -3.85. The van der Waals surface area contributed by atoms with E-state index in [1.807, 2.05) is 0 Å². The average Bonchev–Trinajstić information content (AvgIpc) is 2.64. The fourth-order valence-corrected chi connectivity index (χ4v) is 4.25. The first-order valence-electron chi connectivity index (χ1n) is 7.95. The number of ketones is 1. The van der Waals surface area contributed by atoms with Crippen LogP contribution in [-0.2, 0) is 10.0 Å². The molecule has 0 heterocycles. The van der Waals surface area contributed by atoms with Crippen molar-refractivity contribution in [1.82, 2.24) is 0 Å². The van der Waals surface area contributed by atoms with E-state index in [2.05, 4.69) is 20.7 Å². The monoisotopic (exact) mass is 463 g/mol. The summed E-state index contributed by atoms with van der Waals surface area (Å²) in [4.78, 5) is 12.8. The second kappa shape index (κ2) is 7.84. The third-order valence-corrected chi connectivity index (χ3v) is 6.25. The van der Waals surface area contributed by atoms with E-state index in [0.29, 0.717) is 27.4 Å². The van der Waals surface area contributed by atoms with E-state index in [0.717, 1.165) is 4.47 Å². The number of nitrogens with one attached hydrogen (secondary N) is 1. The molecule has 0 unspecified atom stereocenters. The molecule has 0 aliphatic heterocycles. The van der Waals surface area contributed by atoms with Gasteiger partial charge in [-0.25, -0.2) is 8.42 Å². The van der Waals surface area contributed by atoms with Gasteiger partial charge in [-0.15, -0.1) is 0 Å². The van der Waals surface area contributed by atoms with E-state index in [9.17, 15) is 13.2 Å². The van der Waals surface area contributed by atoms with E-state index in [-0.39, 0.29) is 10.7 Å². The van der Waals surface area contributed by atoms with Gasteiger partial charge in [-0.3, -0.25) is 9.52 Å². The zero-order valence-electron chi connectivity index (χ0n) is 14.2. The lowest BCUT2D eigenvalue weighted by Gasteiger charge is -2.12. The van der Waals surface area contributed by atoms with Crippen molar-refractivity contribution in [2.45, 2.75) is 11.8 Å². The number of anilines is 1. The number of rotatable bonds is 5. The lowest BCUT2D eigenvalue weighted by Crippen LogP contribution is -2.15. The molecule has 0 aliphatic rings. The standard InChI is InChI=1S/C20H15BrClNO3S/c1-13-2-3-15(20(24)14-4-6-16(21)7-5-14)12-19(13)27(25,26)23-18-10-8-17(22)9-11-18/h2-12,23H,1H3. The van der Waals surface area contributed by atoms with E-state index in [1.165, 1.54) is 6.07 Å². The van der Waals surface area contributed by atoms with Gasteiger partial charge < -0.3 is 0 Å². The lowest BCUT2D eigenvalue weighted by molar-refractivity contribution is 0.103. The number of halogens is 2. The highest BCUT2D eigenvalue weighted by Crippen LogP contribution is 2.23. The van der Waals surface area contributed by atoms with Crippen LogP contribution >= 0.6 is 27.5 Å². The zero-order chi connectivity index (χ0) is 19.6. The Morgan fingerprint density at radius 1 is 0.926 bits per heavy atom. The SMILES string of the molecule is Cc1ccc(C(=O)c2ccc(Br)cc2)cc1S(=O)(=O)Nc1ccc(Cl)cc1. The van der Waals surface area contributed by atoms with Gasteiger partial charge in [0.25, 0.3) is 10.0 Å². The van der Waals surface area contributed by atoms with Crippen molar-refractivity contribution in [3.63, 3.8) is 0 Å². The molecule has 3 aromatic rings. The van der Waals surface area contributed by atoms with Crippen LogP contribution in [0.5, 0.6) is 0 Å². The van der Waals surface area contributed by atoms with Crippen LogP contribution in [0.25, 0.3) is 0 Å². The number of carbonyl (C=O) groups is 1. The molecule has 0 atom stereocenters. The van der Waals surface area contributed by atoms with Crippen LogP contribution in [0.1, 0.15) is 21.5 Å². The minimum atomic E-state index is -3.85. The highest BCUT2D eigenvalue weighted by molar-refractivity contribution is 9.10. The zero-order valence-corrected chi connectivity index (χ0v) is 17.4. The molecule has 3 aromatic carbocycles. The number of aryl methyl sites for hydroxylation is 1. The van der Waals surface area contributed by atoms with E-state index < -0.39 is 10.0 Å². The molecule has 1 N–H and O–H groups in total. The van der Waals surface area contributed by atoms with Crippen molar-refractivity contribution in [3.05, 3.63) is 92.9 Å². The first-order chi connectivity index (χ1) is 12.8. The summed E-state index contributed by atoms with van der Waals surface area (Å²) in [6, 6.07) is 17.9. The smallest absolute Gasteiger partial charge is 0.262 e.